The predicted molar refractivity (Wildman–Crippen MR) is 78.1 cm³/mol. The molecule has 1 aromatic rings. The summed E-state index contributed by atoms with van der Waals surface area (Å²) in [5.74, 6) is 0.648. The summed E-state index contributed by atoms with van der Waals surface area (Å²) in [7, 11) is -3.21. The van der Waals surface area contributed by atoms with Crippen LogP contribution in [0, 0.1) is 5.92 Å². The topological polar surface area (TPSA) is 63.4 Å². The number of hydrogen-bond donors (Lipinski definition) is 1. The van der Waals surface area contributed by atoms with Crippen LogP contribution in [0.15, 0.2) is 29.2 Å². The second-order valence-electron chi connectivity index (χ2n) is 5.45. The Balaban J connectivity index is 2.41. The number of nitrogens with two attached hydrogens (primary N) is 1. The first kappa shape index (κ1) is 14.3. The fourth-order valence-electron chi connectivity index (χ4n) is 2.80. The van der Waals surface area contributed by atoms with Gasteiger partial charge in [-0.2, -0.15) is 0 Å². The van der Waals surface area contributed by atoms with Gasteiger partial charge in [-0.3, -0.25) is 0 Å². The van der Waals surface area contributed by atoms with E-state index < -0.39 is 9.84 Å². The minimum Gasteiger partial charge on any atom is -0.366 e. The number of piperidine rings is 1. The van der Waals surface area contributed by atoms with Crippen molar-refractivity contribution in [3.05, 3.63) is 24.3 Å². The Kier molecular flexibility index (Phi) is 4.16. The summed E-state index contributed by atoms with van der Waals surface area (Å²) in [5, 5.41) is 0. The molecule has 0 radical (unpaired) electrons. The summed E-state index contributed by atoms with van der Waals surface area (Å²) >= 11 is 0. The smallest absolute Gasteiger partial charge is 0.177 e. The quantitative estimate of drug-likeness (QED) is 0.915. The van der Waals surface area contributed by atoms with Crippen LogP contribution in [0.2, 0.25) is 0 Å². The molecule has 5 heteroatoms. The van der Waals surface area contributed by atoms with Crippen LogP contribution < -0.4 is 10.6 Å². The Morgan fingerprint density at radius 3 is 2.68 bits per heavy atom. The van der Waals surface area contributed by atoms with Gasteiger partial charge in [-0.15, -0.1) is 0 Å². The molecule has 2 unspecified atom stereocenters. The number of nitrogens with zero attached hydrogens (tertiary/aromatic N) is 1. The third-order valence-electron chi connectivity index (χ3n) is 3.82. The van der Waals surface area contributed by atoms with Crippen molar-refractivity contribution in [2.75, 3.05) is 24.2 Å². The van der Waals surface area contributed by atoms with Gasteiger partial charge in [0.25, 0.3) is 0 Å². The second-order valence-corrected chi connectivity index (χ2v) is 7.44. The fraction of sp³-hybridized carbons (Fsp3) is 0.571. The molecule has 1 aliphatic heterocycles. The summed E-state index contributed by atoms with van der Waals surface area (Å²) in [6.45, 7) is 3.65. The van der Waals surface area contributed by atoms with E-state index in [0.717, 1.165) is 25.1 Å². The maximum atomic E-state index is 11.9. The Morgan fingerprint density at radius 2 is 2.05 bits per heavy atom. The molecular formula is C14H22N2O2S. The van der Waals surface area contributed by atoms with E-state index in [2.05, 4.69) is 11.8 Å². The molecule has 1 heterocycles. The minimum atomic E-state index is -3.21. The lowest BCUT2D eigenvalue weighted by molar-refractivity contribution is 0.365. The molecule has 2 N–H and O–H groups in total. The normalized spacial score (nSPS) is 24.5. The Labute approximate surface area is 115 Å². The number of anilines is 1. The van der Waals surface area contributed by atoms with Crippen molar-refractivity contribution in [2.24, 2.45) is 11.7 Å². The van der Waals surface area contributed by atoms with Gasteiger partial charge in [0.05, 0.1) is 10.6 Å². The monoisotopic (exact) mass is 282 g/mol. The lowest BCUT2D eigenvalue weighted by Gasteiger charge is -2.40. The average Bonchev–Trinajstić information content (AvgIpc) is 2.37. The molecule has 1 aliphatic rings. The maximum absolute atomic E-state index is 11.9. The highest BCUT2D eigenvalue weighted by Gasteiger charge is 2.28. The van der Waals surface area contributed by atoms with Gasteiger partial charge in [-0.05, 0) is 30.9 Å². The highest BCUT2D eigenvalue weighted by molar-refractivity contribution is 7.90. The molecule has 19 heavy (non-hydrogen) atoms. The number of sulfone groups is 1. The van der Waals surface area contributed by atoms with Crippen LogP contribution in [-0.2, 0) is 9.84 Å². The molecule has 1 saturated heterocycles. The predicted octanol–water partition coefficient (Wildman–Crippen LogP) is 1.65. The van der Waals surface area contributed by atoms with Gasteiger partial charge in [0.1, 0.15) is 0 Å². The third-order valence-corrected chi connectivity index (χ3v) is 4.97. The number of benzene rings is 1. The lowest BCUT2D eigenvalue weighted by Crippen LogP contribution is -2.46. The molecule has 4 nitrogen and oxygen atoms in total. The minimum absolute atomic E-state index is 0.228. The van der Waals surface area contributed by atoms with Crippen molar-refractivity contribution in [3.63, 3.8) is 0 Å². The van der Waals surface area contributed by atoms with Gasteiger partial charge in [0.2, 0.25) is 0 Å². The zero-order valence-electron chi connectivity index (χ0n) is 11.5. The van der Waals surface area contributed by atoms with E-state index in [-0.39, 0.29) is 6.04 Å². The third kappa shape index (κ3) is 3.09. The first-order valence-electron chi connectivity index (χ1n) is 6.69. The molecule has 0 bridgehead atoms. The van der Waals surface area contributed by atoms with Crippen LogP contribution in [0.5, 0.6) is 0 Å². The van der Waals surface area contributed by atoms with Crippen molar-refractivity contribution >= 4 is 15.5 Å². The van der Waals surface area contributed by atoms with Crippen molar-refractivity contribution in [2.45, 2.75) is 30.7 Å². The van der Waals surface area contributed by atoms with Gasteiger partial charge in [0, 0.05) is 25.4 Å². The zero-order valence-corrected chi connectivity index (χ0v) is 12.4. The SMILES string of the molecule is CC1CCN(c2ccccc2S(C)(=O)=O)C(CN)C1. The highest BCUT2D eigenvalue weighted by Crippen LogP contribution is 2.32. The van der Waals surface area contributed by atoms with Gasteiger partial charge in [-0.1, -0.05) is 19.1 Å². The summed E-state index contributed by atoms with van der Waals surface area (Å²) in [4.78, 5) is 2.57. The summed E-state index contributed by atoms with van der Waals surface area (Å²) in [5.41, 5.74) is 6.66. The Bertz CT molecular complexity index is 542. The van der Waals surface area contributed by atoms with Crippen molar-refractivity contribution in [3.8, 4) is 0 Å². The molecular weight excluding hydrogens is 260 g/mol. The summed E-state index contributed by atoms with van der Waals surface area (Å²) in [6, 6.07) is 7.44. The van der Waals surface area contributed by atoms with Crippen LogP contribution in [0.3, 0.4) is 0 Å². The molecule has 0 saturated carbocycles. The molecule has 0 spiro atoms. The van der Waals surface area contributed by atoms with Gasteiger partial charge >= 0.3 is 0 Å². The van der Waals surface area contributed by atoms with Crippen LogP contribution in [-0.4, -0.2) is 33.8 Å². The van der Waals surface area contributed by atoms with Crippen LogP contribution >= 0.6 is 0 Å². The Hall–Kier alpha value is -1.07. The number of para-hydroxylation sites is 1. The highest BCUT2D eigenvalue weighted by atomic mass is 32.2. The average molecular weight is 282 g/mol. The summed E-state index contributed by atoms with van der Waals surface area (Å²) in [6.07, 6.45) is 3.36. The lowest BCUT2D eigenvalue weighted by atomic mass is 9.92. The maximum Gasteiger partial charge on any atom is 0.177 e. The van der Waals surface area contributed by atoms with Crippen molar-refractivity contribution in [1.82, 2.24) is 0 Å². The van der Waals surface area contributed by atoms with Crippen molar-refractivity contribution < 1.29 is 8.42 Å². The van der Waals surface area contributed by atoms with E-state index in [0.29, 0.717) is 17.4 Å². The van der Waals surface area contributed by atoms with E-state index in [1.165, 1.54) is 6.26 Å². The molecule has 2 rings (SSSR count). The number of hydrogen-bond acceptors (Lipinski definition) is 4. The van der Waals surface area contributed by atoms with Crippen LogP contribution in [0.4, 0.5) is 5.69 Å². The van der Waals surface area contributed by atoms with Crippen LogP contribution in [0.25, 0.3) is 0 Å². The van der Waals surface area contributed by atoms with E-state index >= 15 is 0 Å². The molecule has 0 amide bonds. The molecule has 0 aromatic heterocycles. The van der Waals surface area contributed by atoms with E-state index in [1.807, 2.05) is 12.1 Å². The van der Waals surface area contributed by atoms with E-state index in [1.54, 1.807) is 12.1 Å². The van der Waals surface area contributed by atoms with Gasteiger partial charge in [0.15, 0.2) is 9.84 Å². The van der Waals surface area contributed by atoms with Crippen molar-refractivity contribution in [1.29, 1.82) is 0 Å². The molecule has 2 atom stereocenters. The fourth-order valence-corrected chi connectivity index (χ4v) is 3.69. The van der Waals surface area contributed by atoms with E-state index in [4.69, 9.17) is 5.73 Å². The van der Waals surface area contributed by atoms with E-state index in [9.17, 15) is 8.42 Å². The zero-order chi connectivity index (χ0) is 14.0. The first-order valence-corrected chi connectivity index (χ1v) is 8.58. The molecule has 106 valence electrons. The summed E-state index contributed by atoms with van der Waals surface area (Å²) < 4.78 is 23.8. The molecule has 1 fully saturated rings. The Morgan fingerprint density at radius 1 is 1.37 bits per heavy atom. The van der Waals surface area contributed by atoms with Crippen LogP contribution in [0.1, 0.15) is 19.8 Å². The number of rotatable bonds is 3. The van der Waals surface area contributed by atoms with Gasteiger partial charge in [-0.25, -0.2) is 8.42 Å². The van der Waals surface area contributed by atoms with Gasteiger partial charge < -0.3 is 10.6 Å². The molecule has 0 aliphatic carbocycles. The second kappa shape index (κ2) is 5.51. The first-order chi connectivity index (χ1) is 8.93. The standard InChI is InChI=1S/C14H22N2O2S/c1-11-7-8-16(12(9-11)10-15)13-5-3-4-6-14(13)19(2,17)18/h3-6,11-12H,7-10,15H2,1-2H3. The molecule has 1 aromatic carbocycles. The largest absolute Gasteiger partial charge is 0.366 e.